The van der Waals surface area contributed by atoms with Crippen molar-refractivity contribution in [1.29, 1.82) is 0 Å². The number of nitrogens with two attached hydrogens (primary N) is 1. The number of aromatic nitrogens is 2. The summed E-state index contributed by atoms with van der Waals surface area (Å²) in [6.07, 6.45) is 2.77. The third kappa shape index (κ3) is 4.62. The van der Waals surface area contributed by atoms with Gasteiger partial charge < -0.3 is 16.4 Å². The quantitative estimate of drug-likeness (QED) is 0.285. The minimum atomic E-state index is 0.167. The summed E-state index contributed by atoms with van der Waals surface area (Å²) in [5.41, 5.74) is 12.2. The molecule has 8 nitrogen and oxygen atoms in total. The number of rotatable bonds is 10. The van der Waals surface area contributed by atoms with Crippen LogP contribution in [0.4, 0.5) is 29.0 Å². The minimum Gasteiger partial charge on any atom is -0.354 e. The average molecular weight is 432 g/mol. The van der Waals surface area contributed by atoms with Gasteiger partial charge in [0.15, 0.2) is 11.5 Å². The summed E-state index contributed by atoms with van der Waals surface area (Å²) in [5, 5.41) is 6.73. The maximum Gasteiger partial charge on any atom is 0.287 e. The third-order valence-electron chi connectivity index (χ3n) is 5.49. The maximum atomic E-state index is 5.67. The Morgan fingerprint density at radius 1 is 0.969 bits per heavy atom. The van der Waals surface area contributed by atoms with Crippen molar-refractivity contribution in [3.05, 3.63) is 66.2 Å². The van der Waals surface area contributed by atoms with E-state index in [4.69, 9.17) is 20.7 Å². The van der Waals surface area contributed by atoms with Crippen LogP contribution in [-0.4, -0.2) is 35.4 Å². The number of hydrogen-bond donors (Lipinski definition) is 4. The van der Waals surface area contributed by atoms with Gasteiger partial charge in [-0.2, -0.15) is 25.0 Å². The number of nitrogens with zero attached hydrogens (tertiary/aromatic N) is 4. The Balaban J connectivity index is 1.71. The van der Waals surface area contributed by atoms with Gasteiger partial charge in [0.25, 0.3) is 5.82 Å². The summed E-state index contributed by atoms with van der Waals surface area (Å²) in [7, 11) is 0. The molecule has 0 amide bonds. The lowest BCUT2D eigenvalue weighted by Crippen LogP contribution is -2.61. The molecule has 32 heavy (non-hydrogen) atoms. The molecule has 1 aromatic heterocycles. The molecule has 0 saturated carbocycles. The van der Waals surface area contributed by atoms with Crippen molar-refractivity contribution in [1.82, 2.24) is 20.0 Å². The average Bonchev–Trinajstić information content (AvgIpc) is 3.19. The van der Waals surface area contributed by atoms with Crippen molar-refractivity contribution in [2.75, 3.05) is 23.7 Å². The van der Waals surface area contributed by atoms with Gasteiger partial charge in [0.1, 0.15) is 6.04 Å². The van der Waals surface area contributed by atoms with E-state index < -0.39 is 0 Å². The number of fused-ring (bicyclic) bond motifs is 1. The number of para-hydroxylation sites is 1. The van der Waals surface area contributed by atoms with Crippen molar-refractivity contribution in [2.24, 2.45) is 10.7 Å². The molecule has 1 aliphatic heterocycles. The highest BCUT2D eigenvalue weighted by Gasteiger charge is 2.44. The van der Waals surface area contributed by atoms with E-state index in [1.54, 1.807) is 0 Å². The number of hydrogen-bond acceptors (Lipinski definition) is 7. The Morgan fingerprint density at radius 2 is 1.69 bits per heavy atom. The predicted molar refractivity (Wildman–Crippen MR) is 132 cm³/mol. The van der Waals surface area contributed by atoms with Gasteiger partial charge in [-0.3, -0.25) is 0 Å². The van der Waals surface area contributed by atoms with Gasteiger partial charge in [0, 0.05) is 12.2 Å². The summed E-state index contributed by atoms with van der Waals surface area (Å²) in [6, 6.07) is 20.5. The van der Waals surface area contributed by atoms with E-state index in [1.807, 2.05) is 54.9 Å². The van der Waals surface area contributed by atoms with Crippen LogP contribution in [0.3, 0.4) is 0 Å². The van der Waals surface area contributed by atoms with Crippen molar-refractivity contribution >= 4 is 35.3 Å². The first-order valence-electron chi connectivity index (χ1n) is 11.0. The zero-order valence-corrected chi connectivity index (χ0v) is 18.6. The number of benzene rings is 2. The van der Waals surface area contributed by atoms with Gasteiger partial charge in [-0.25, -0.2) is 0 Å². The van der Waals surface area contributed by atoms with E-state index in [0.717, 1.165) is 23.6 Å². The third-order valence-corrected chi connectivity index (χ3v) is 5.49. The van der Waals surface area contributed by atoms with Crippen LogP contribution in [0.15, 0.2) is 65.7 Å². The van der Waals surface area contributed by atoms with E-state index >= 15 is 0 Å². The molecule has 0 aliphatic carbocycles. The Morgan fingerprint density at radius 3 is 2.38 bits per heavy atom. The van der Waals surface area contributed by atoms with Crippen molar-refractivity contribution in [3.63, 3.8) is 0 Å². The predicted octanol–water partition coefficient (Wildman–Crippen LogP) is 4.07. The molecule has 4 rings (SSSR count). The van der Waals surface area contributed by atoms with Gasteiger partial charge in [0.2, 0.25) is 12.3 Å². The largest absolute Gasteiger partial charge is 0.354 e. The summed E-state index contributed by atoms with van der Waals surface area (Å²) in [6.45, 7) is 6.33. The molecular weight excluding hydrogens is 400 g/mol. The molecule has 2 heterocycles. The van der Waals surface area contributed by atoms with Gasteiger partial charge in [-0.1, -0.05) is 48.5 Å². The normalized spacial score (nSPS) is 16.9. The Kier molecular flexibility index (Phi) is 6.75. The van der Waals surface area contributed by atoms with E-state index in [-0.39, 0.29) is 6.04 Å². The molecule has 0 saturated heterocycles. The second-order valence-corrected chi connectivity index (χ2v) is 8.06. The van der Waals surface area contributed by atoms with Crippen LogP contribution in [0.2, 0.25) is 0 Å². The first-order chi connectivity index (χ1) is 15.6. The second-order valence-electron chi connectivity index (χ2n) is 8.06. The van der Waals surface area contributed by atoms with E-state index in [0.29, 0.717) is 36.0 Å². The first-order valence-corrected chi connectivity index (χ1v) is 11.0. The fourth-order valence-electron chi connectivity index (χ4n) is 3.64. The lowest BCUT2D eigenvalue weighted by Gasteiger charge is -2.33. The van der Waals surface area contributed by atoms with Crippen LogP contribution < -0.4 is 26.4 Å². The molecule has 1 unspecified atom stereocenters. The fraction of sp³-hybridized carbons (Fsp3) is 0.292. The highest BCUT2D eigenvalue weighted by molar-refractivity contribution is 5.92. The van der Waals surface area contributed by atoms with Crippen LogP contribution in [0.5, 0.6) is 0 Å². The van der Waals surface area contributed by atoms with Crippen LogP contribution in [-0.2, 0) is 6.54 Å². The van der Waals surface area contributed by atoms with E-state index in [2.05, 4.69) is 42.0 Å². The molecule has 5 N–H and O–H groups in total. The minimum absolute atomic E-state index is 0.167. The Hall–Kier alpha value is -3.33. The van der Waals surface area contributed by atoms with Crippen LogP contribution in [0, 0.1) is 0 Å². The number of anilines is 3. The van der Waals surface area contributed by atoms with Crippen molar-refractivity contribution in [3.8, 4) is 0 Å². The van der Waals surface area contributed by atoms with E-state index in [9.17, 15) is 0 Å². The van der Waals surface area contributed by atoms with Crippen molar-refractivity contribution < 1.29 is 0 Å². The molecule has 0 fully saturated rings. The first kappa shape index (κ1) is 21.9. The lowest BCUT2D eigenvalue weighted by molar-refractivity contribution is 0.258. The number of nitrogens with one attached hydrogen (secondary N) is 3. The summed E-state index contributed by atoms with van der Waals surface area (Å²) < 4.78 is 0.335. The SMILES string of the molecule is CC(C)[N+]1(NCc2ccccc2)C=Nc2c(Nc3ccccc3)nc(NCCCN)nc21. The smallest absolute Gasteiger partial charge is 0.287 e. The lowest BCUT2D eigenvalue weighted by atomic mass is 10.2. The molecule has 0 bridgehead atoms. The Bertz CT molecular complexity index is 1050. The van der Waals surface area contributed by atoms with Crippen LogP contribution >= 0.6 is 0 Å². The molecule has 0 radical (unpaired) electrons. The summed E-state index contributed by atoms with van der Waals surface area (Å²) in [4.78, 5) is 14.4. The van der Waals surface area contributed by atoms with E-state index in [1.165, 1.54) is 5.56 Å². The van der Waals surface area contributed by atoms with Gasteiger partial charge >= 0.3 is 0 Å². The monoisotopic (exact) mass is 431 g/mol. The van der Waals surface area contributed by atoms with Crippen LogP contribution in [0.25, 0.3) is 0 Å². The maximum absolute atomic E-state index is 5.67. The molecule has 166 valence electrons. The Labute approximate surface area is 189 Å². The second kappa shape index (κ2) is 9.86. The highest BCUT2D eigenvalue weighted by atomic mass is 15.7. The topological polar surface area (TPSA) is 100 Å². The highest BCUT2D eigenvalue weighted by Crippen LogP contribution is 2.43. The molecular formula is C24H31N8+. The molecule has 8 heteroatoms. The number of aliphatic imine (C=N–C) groups is 1. The van der Waals surface area contributed by atoms with Gasteiger partial charge in [-0.05, 0) is 44.5 Å². The molecule has 3 aromatic rings. The molecule has 1 aliphatic rings. The van der Waals surface area contributed by atoms with Gasteiger partial charge in [0.05, 0.1) is 6.54 Å². The standard InChI is InChI=1S/C24H31N8/c1-18(2)32(28-16-19-10-5-3-6-11-19)17-27-21-22(29-20-12-7-4-8-13-20)30-24(31-23(21)32)26-15-9-14-25/h3-8,10-13,17-18,28H,9,14-16,25H2,1-2H3,(H2,26,29,30,31)/q+1. The molecule has 0 spiro atoms. The summed E-state index contributed by atoms with van der Waals surface area (Å²) >= 11 is 0. The zero-order valence-electron chi connectivity index (χ0n) is 18.6. The zero-order chi connectivity index (χ0) is 22.4. The van der Waals surface area contributed by atoms with Gasteiger partial charge in [-0.15, -0.1) is 0 Å². The van der Waals surface area contributed by atoms with Crippen LogP contribution in [0.1, 0.15) is 25.8 Å². The number of quaternary nitrogens is 1. The van der Waals surface area contributed by atoms with Crippen molar-refractivity contribution in [2.45, 2.75) is 32.9 Å². The molecule has 2 aromatic carbocycles. The fourth-order valence-corrected chi connectivity index (χ4v) is 3.64. The summed E-state index contributed by atoms with van der Waals surface area (Å²) in [5.74, 6) is 2.06. The molecule has 1 atom stereocenters.